The Hall–Kier alpha value is -3.87. The van der Waals surface area contributed by atoms with Crippen LogP contribution in [-0.4, -0.2) is 33.0 Å². The van der Waals surface area contributed by atoms with Gasteiger partial charge in [-0.2, -0.15) is 5.26 Å². The molecule has 3 heterocycles. The van der Waals surface area contributed by atoms with Crippen LogP contribution < -0.4 is 19.9 Å². The number of rotatable bonds is 0. The van der Waals surface area contributed by atoms with Crippen molar-refractivity contribution in [1.29, 1.82) is 5.26 Å². The number of nitrogens with two attached hydrogens (primary N) is 1. The summed E-state index contributed by atoms with van der Waals surface area (Å²) in [7, 11) is 1.63. The molecular formula is C19H17FN6O3. The van der Waals surface area contributed by atoms with E-state index in [1.54, 1.807) is 14.0 Å². The van der Waals surface area contributed by atoms with Crippen LogP contribution in [0.1, 0.15) is 24.3 Å². The molecule has 3 aromatic rings. The Bertz CT molecular complexity index is 1120. The average Bonchev–Trinajstić information content (AvgIpc) is 3.02. The zero-order valence-corrected chi connectivity index (χ0v) is 15.7. The smallest absolute Gasteiger partial charge is 0.258 e. The number of aryl methyl sites for hydroxylation is 1. The third-order valence-electron chi connectivity index (χ3n) is 4.42. The number of ether oxygens (including phenoxy) is 3. The zero-order chi connectivity index (χ0) is 20.5. The first-order chi connectivity index (χ1) is 14.0. The van der Waals surface area contributed by atoms with Crippen LogP contribution in [0.25, 0.3) is 11.3 Å². The van der Waals surface area contributed by atoms with Crippen LogP contribution in [0.3, 0.4) is 0 Å². The summed E-state index contributed by atoms with van der Waals surface area (Å²) >= 11 is 0. The van der Waals surface area contributed by atoms with Crippen molar-refractivity contribution in [3.8, 4) is 34.8 Å². The van der Waals surface area contributed by atoms with E-state index in [2.05, 4.69) is 21.1 Å². The molecule has 10 heteroatoms. The first kappa shape index (κ1) is 18.5. The van der Waals surface area contributed by atoms with Gasteiger partial charge < -0.3 is 19.9 Å². The monoisotopic (exact) mass is 396 g/mol. The van der Waals surface area contributed by atoms with Crippen LogP contribution in [0.2, 0.25) is 0 Å². The molecule has 0 amide bonds. The number of aromatic nitrogens is 4. The highest BCUT2D eigenvalue weighted by atomic mass is 19.1. The lowest BCUT2D eigenvalue weighted by Crippen LogP contribution is -2.13. The lowest BCUT2D eigenvalue weighted by Gasteiger charge is -2.18. The molecule has 0 saturated heterocycles. The fourth-order valence-corrected chi connectivity index (χ4v) is 3.04. The summed E-state index contributed by atoms with van der Waals surface area (Å²) in [4.78, 5) is 8.54. The van der Waals surface area contributed by atoms with Gasteiger partial charge in [-0.1, -0.05) is 0 Å². The predicted molar refractivity (Wildman–Crippen MR) is 99.8 cm³/mol. The van der Waals surface area contributed by atoms with Crippen molar-refractivity contribution >= 4 is 5.82 Å². The summed E-state index contributed by atoms with van der Waals surface area (Å²) in [6.45, 7) is 2.05. The molecule has 148 valence electrons. The Balaban J connectivity index is 1.86. The Morgan fingerprint density at radius 2 is 2.07 bits per heavy atom. The van der Waals surface area contributed by atoms with Gasteiger partial charge in [0.2, 0.25) is 5.88 Å². The molecule has 1 aliphatic heterocycles. The van der Waals surface area contributed by atoms with E-state index in [0.29, 0.717) is 22.6 Å². The van der Waals surface area contributed by atoms with Crippen molar-refractivity contribution in [2.45, 2.75) is 13.0 Å². The fourth-order valence-electron chi connectivity index (χ4n) is 3.04. The molecule has 4 rings (SSSR count). The summed E-state index contributed by atoms with van der Waals surface area (Å²) in [5.74, 6) is 0.335. The minimum absolute atomic E-state index is 0.0446. The van der Waals surface area contributed by atoms with E-state index in [9.17, 15) is 9.65 Å². The minimum atomic E-state index is -0.627. The van der Waals surface area contributed by atoms with Gasteiger partial charge in [-0.15, -0.1) is 5.10 Å². The van der Waals surface area contributed by atoms with E-state index >= 15 is 0 Å². The predicted octanol–water partition coefficient (Wildman–Crippen LogP) is 2.38. The Morgan fingerprint density at radius 1 is 1.28 bits per heavy atom. The maximum absolute atomic E-state index is 13.8. The Labute approximate surface area is 165 Å². The molecule has 2 bridgehead atoms. The maximum Gasteiger partial charge on any atom is 0.258 e. The summed E-state index contributed by atoms with van der Waals surface area (Å²) < 4.78 is 32.6. The van der Waals surface area contributed by atoms with Gasteiger partial charge in [0.1, 0.15) is 48.2 Å². The number of fused-ring (bicyclic) bond motifs is 5. The molecule has 0 aliphatic carbocycles. The molecular weight excluding hydrogens is 379 g/mol. The first-order valence-corrected chi connectivity index (χ1v) is 8.79. The lowest BCUT2D eigenvalue weighted by molar-refractivity contribution is 0.192. The molecule has 9 nitrogen and oxygen atoms in total. The quantitative estimate of drug-likeness (QED) is 0.615. The van der Waals surface area contributed by atoms with E-state index in [-0.39, 0.29) is 36.5 Å². The van der Waals surface area contributed by atoms with Gasteiger partial charge in [0.05, 0.1) is 6.20 Å². The van der Waals surface area contributed by atoms with Gasteiger partial charge in [0.15, 0.2) is 11.5 Å². The second-order valence-electron chi connectivity index (χ2n) is 6.35. The summed E-state index contributed by atoms with van der Waals surface area (Å²) in [6, 6.07) is 6.24. The van der Waals surface area contributed by atoms with Crippen LogP contribution in [0.15, 0.2) is 24.4 Å². The summed E-state index contributed by atoms with van der Waals surface area (Å²) in [5, 5.41) is 13.8. The van der Waals surface area contributed by atoms with E-state index in [0.717, 1.165) is 0 Å². The Morgan fingerprint density at radius 3 is 2.86 bits per heavy atom. The molecule has 2 aromatic heterocycles. The summed E-state index contributed by atoms with van der Waals surface area (Å²) in [6.07, 6.45) is 0.791. The van der Waals surface area contributed by atoms with E-state index in [4.69, 9.17) is 19.9 Å². The number of hydrogen-bond donors (Lipinski definition) is 1. The molecule has 2 N–H and O–H groups in total. The number of nitriles is 1. The third kappa shape index (κ3) is 3.38. The highest BCUT2D eigenvalue weighted by Gasteiger charge is 2.24. The van der Waals surface area contributed by atoms with Crippen LogP contribution in [-0.2, 0) is 7.05 Å². The molecule has 1 aromatic carbocycles. The second kappa shape index (κ2) is 7.27. The normalized spacial score (nSPS) is 15.7. The molecule has 0 spiro atoms. The van der Waals surface area contributed by atoms with Gasteiger partial charge in [-0.3, -0.25) is 4.68 Å². The number of halogens is 1. The van der Waals surface area contributed by atoms with E-state index in [1.807, 2.05) is 0 Å². The van der Waals surface area contributed by atoms with Crippen molar-refractivity contribution < 1.29 is 18.6 Å². The molecule has 1 aliphatic rings. The molecule has 0 unspecified atom stereocenters. The highest BCUT2D eigenvalue weighted by molar-refractivity contribution is 5.71. The van der Waals surface area contributed by atoms with Crippen molar-refractivity contribution in [3.05, 3.63) is 41.5 Å². The van der Waals surface area contributed by atoms with Crippen LogP contribution in [0, 0.1) is 17.1 Å². The van der Waals surface area contributed by atoms with Crippen molar-refractivity contribution in [3.63, 3.8) is 0 Å². The highest BCUT2D eigenvalue weighted by Crippen LogP contribution is 2.35. The van der Waals surface area contributed by atoms with Gasteiger partial charge in [-0.05, 0) is 25.1 Å². The average molecular weight is 396 g/mol. The number of anilines is 1. The topological polar surface area (TPSA) is 121 Å². The van der Waals surface area contributed by atoms with Gasteiger partial charge >= 0.3 is 0 Å². The molecule has 29 heavy (non-hydrogen) atoms. The van der Waals surface area contributed by atoms with Crippen LogP contribution in [0.4, 0.5) is 10.2 Å². The molecule has 0 fully saturated rings. The largest absolute Gasteiger partial charge is 0.490 e. The Kier molecular flexibility index (Phi) is 4.64. The minimum Gasteiger partial charge on any atom is -0.490 e. The van der Waals surface area contributed by atoms with Crippen molar-refractivity contribution in [2.24, 2.45) is 7.05 Å². The maximum atomic E-state index is 13.8. The number of hydrogen-bond acceptors (Lipinski definition) is 8. The standard InChI is InChI=1S/C19H17FN6O3/c1-10-12-7-11(20)3-4-15(12)27-5-6-28-18-16(14(8-21)26(2)25-18)13-9-23-17(22)19(24-13)29-10/h3-4,7,9-10H,5-6H2,1-2H3,(H2,22,23)/t10-/m1/s1. The zero-order valence-electron chi connectivity index (χ0n) is 15.7. The van der Waals surface area contributed by atoms with E-state index < -0.39 is 11.9 Å². The SMILES string of the molecule is C[C@H]1Oc2nc(cnc2N)-c2c(nn(C)c2C#N)OCCOc2ccc(F)cc21. The molecule has 0 saturated carbocycles. The second-order valence-corrected chi connectivity index (χ2v) is 6.35. The van der Waals surface area contributed by atoms with E-state index in [1.165, 1.54) is 29.1 Å². The third-order valence-corrected chi connectivity index (χ3v) is 4.42. The fraction of sp³-hybridized carbons (Fsp3) is 0.263. The van der Waals surface area contributed by atoms with Crippen molar-refractivity contribution in [1.82, 2.24) is 19.7 Å². The van der Waals surface area contributed by atoms with Crippen molar-refractivity contribution in [2.75, 3.05) is 18.9 Å². The lowest BCUT2D eigenvalue weighted by atomic mass is 10.1. The number of benzene rings is 1. The number of nitrogen functional groups attached to an aromatic ring is 1. The van der Waals surface area contributed by atoms with Crippen LogP contribution in [0.5, 0.6) is 17.5 Å². The molecule has 1 atom stereocenters. The van der Waals surface area contributed by atoms with Gasteiger partial charge in [0.25, 0.3) is 5.88 Å². The van der Waals surface area contributed by atoms with Gasteiger partial charge in [0, 0.05) is 12.6 Å². The first-order valence-electron chi connectivity index (χ1n) is 8.79. The summed E-state index contributed by atoms with van der Waals surface area (Å²) in [5.41, 5.74) is 7.37. The molecule has 0 radical (unpaired) electrons. The van der Waals surface area contributed by atoms with Crippen LogP contribution >= 0.6 is 0 Å². The van der Waals surface area contributed by atoms with Gasteiger partial charge in [-0.25, -0.2) is 14.4 Å². The number of nitrogens with zero attached hydrogens (tertiary/aromatic N) is 5.